The second kappa shape index (κ2) is 12.6. The lowest BCUT2D eigenvalue weighted by Crippen LogP contribution is -2.70. The largest absolute Gasteiger partial charge is 0.481 e. The Morgan fingerprint density at radius 3 is 2.25 bits per heavy atom. The third-order valence-electron chi connectivity index (χ3n) is 17.0. The van der Waals surface area contributed by atoms with Crippen LogP contribution in [0.25, 0.3) is 0 Å². The summed E-state index contributed by atoms with van der Waals surface area (Å²) in [5.74, 6) is 0.136. The summed E-state index contributed by atoms with van der Waals surface area (Å²) in [5.41, 5.74) is 2.88. The number of nitrogens with zero attached hydrogens (tertiary/aromatic N) is 1. The quantitative estimate of drug-likeness (QED) is 0.222. The number of amides is 3. The first-order valence-electron chi connectivity index (χ1n) is 20.0. The van der Waals surface area contributed by atoms with Crippen molar-refractivity contribution < 1.29 is 29.4 Å². The molecule has 7 rings (SSSR count). The molecule has 1 heterocycles. The van der Waals surface area contributed by atoms with Crippen LogP contribution in [0.4, 0.5) is 4.79 Å². The van der Waals surface area contributed by atoms with E-state index in [0.29, 0.717) is 48.2 Å². The van der Waals surface area contributed by atoms with E-state index < -0.39 is 35.8 Å². The van der Waals surface area contributed by atoms with Crippen LogP contribution in [0, 0.1) is 51.2 Å². The van der Waals surface area contributed by atoms with Gasteiger partial charge in [0, 0.05) is 18.6 Å². The van der Waals surface area contributed by atoms with Crippen molar-refractivity contribution in [1.82, 2.24) is 15.5 Å². The van der Waals surface area contributed by atoms with Crippen LogP contribution in [0.1, 0.15) is 134 Å². The molecule has 9 nitrogen and oxygen atoms in total. The zero-order valence-electron chi connectivity index (χ0n) is 32.2. The van der Waals surface area contributed by atoms with E-state index in [1.165, 1.54) is 41.7 Å². The van der Waals surface area contributed by atoms with Crippen molar-refractivity contribution in [3.05, 3.63) is 47.5 Å². The standard InChI is InChI=1S/C43H61N3O6/c1-25(2)28-14-19-43(45-38(52)46-23-22-44-36(49)31(46)24-34(47)48)21-20-41(6)30(35(28)43)12-13-33-40(5)17-15-29(26-8-10-27(11-9-26)37(50)51)39(3,4)32(40)16-18-42(33,41)7/h8-11,28-33,35H,1,12-24H2,2-7H3,(H,44,49)(H,45,52)(H,47,48)(H,50,51)/t28-,29?,30+,31?,32-,33+,35+,40-,41+,42+,43-/m0/s1. The molecule has 0 spiro atoms. The number of nitrogens with one attached hydrogen (secondary N) is 2. The number of hydrogen-bond donors (Lipinski definition) is 4. The number of aliphatic carboxylic acids is 1. The average Bonchev–Trinajstić information content (AvgIpc) is 3.45. The number of hydrogen-bond acceptors (Lipinski definition) is 4. The Labute approximate surface area is 309 Å². The van der Waals surface area contributed by atoms with Gasteiger partial charge in [-0.3, -0.25) is 9.59 Å². The molecule has 5 aliphatic carbocycles. The van der Waals surface area contributed by atoms with Gasteiger partial charge in [0.05, 0.1) is 12.0 Å². The number of benzene rings is 1. The monoisotopic (exact) mass is 715 g/mol. The van der Waals surface area contributed by atoms with Gasteiger partial charge in [0.1, 0.15) is 6.04 Å². The van der Waals surface area contributed by atoms with Gasteiger partial charge in [-0.05, 0) is 146 Å². The highest BCUT2D eigenvalue weighted by Gasteiger charge is 2.71. The predicted molar refractivity (Wildman–Crippen MR) is 200 cm³/mol. The second-order valence-electron chi connectivity index (χ2n) is 19.2. The van der Waals surface area contributed by atoms with Crippen LogP contribution in [0.5, 0.6) is 0 Å². The molecule has 11 atom stereocenters. The number of carboxylic acids is 2. The third-order valence-corrected chi connectivity index (χ3v) is 17.0. The molecule has 1 aliphatic heterocycles. The van der Waals surface area contributed by atoms with Crippen LogP contribution >= 0.6 is 0 Å². The molecule has 6 fully saturated rings. The molecular formula is C43H61N3O6. The topological polar surface area (TPSA) is 136 Å². The minimum atomic E-state index is -1.09. The number of carbonyl (C=O) groups excluding carboxylic acids is 2. The summed E-state index contributed by atoms with van der Waals surface area (Å²) in [5, 5.41) is 25.4. The zero-order valence-corrected chi connectivity index (χ0v) is 32.2. The van der Waals surface area contributed by atoms with Crippen molar-refractivity contribution in [2.24, 2.45) is 51.2 Å². The number of urea groups is 1. The summed E-state index contributed by atoms with van der Waals surface area (Å²) in [6.45, 7) is 20.0. The number of carbonyl (C=O) groups is 4. The number of fused-ring (bicyclic) bond motifs is 7. The van der Waals surface area contributed by atoms with Crippen LogP contribution in [0.2, 0.25) is 0 Å². The van der Waals surface area contributed by atoms with Crippen LogP contribution in [0.3, 0.4) is 0 Å². The number of piperazine rings is 1. The Morgan fingerprint density at radius 2 is 1.60 bits per heavy atom. The minimum Gasteiger partial charge on any atom is -0.481 e. The maximum absolute atomic E-state index is 14.2. The number of aromatic carboxylic acids is 1. The van der Waals surface area contributed by atoms with Crippen molar-refractivity contribution in [3.8, 4) is 0 Å². The molecule has 5 saturated carbocycles. The molecule has 9 heteroatoms. The lowest BCUT2D eigenvalue weighted by molar-refractivity contribution is -0.233. The summed E-state index contributed by atoms with van der Waals surface area (Å²) in [7, 11) is 0. The predicted octanol–water partition coefficient (Wildman–Crippen LogP) is 7.86. The van der Waals surface area contributed by atoms with Crippen molar-refractivity contribution in [2.45, 2.75) is 130 Å². The van der Waals surface area contributed by atoms with E-state index in [1.807, 2.05) is 0 Å². The summed E-state index contributed by atoms with van der Waals surface area (Å²) >= 11 is 0. The smallest absolute Gasteiger partial charge is 0.335 e. The van der Waals surface area contributed by atoms with Crippen molar-refractivity contribution in [2.75, 3.05) is 13.1 Å². The second-order valence-corrected chi connectivity index (χ2v) is 19.2. The Hall–Kier alpha value is -3.36. The summed E-state index contributed by atoms with van der Waals surface area (Å²) in [6, 6.07) is 6.33. The summed E-state index contributed by atoms with van der Waals surface area (Å²) in [4.78, 5) is 51.7. The first-order chi connectivity index (χ1) is 24.4. The van der Waals surface area contributed by atoms with Crippen molar-refractivity contribution in [3.63, 3.8) is 0 Å². The van der Waals surface area contributed by atoms with Crippen LogP contribution in [-0.2, 0) is 9.59 Å². The average molecular weight is 716 g/mol. The first kappa shape index (κ1) is 37.0. The fourth-order valence-electron chi connectivity index (χ4n) is 14.4. The molecule has 1 aromatic carbocycles. The highest BCUT2D eigenvalue weighted by molar-refractivity contribution is 5.91. The number of carboxylic acid groups (broad SMARTS) is 2. The zero-order chi connectivity index (χ0) is 37.6. The van der Waals surface area contributed by atoms with Gasteiger partial charge >= 0.3 is 18.0 Å². The molecule has 3 amide bonds. The summed E-state index contributed by atoms with van der Waals surface area (Å²) < 4.78 is 0. The Kier molecular flexibility index (Phi) is 8.97. The molecule has 6 aliphatic rings. The van der Waals surface area contributed by atoms with E-state index >= 15 is 0 Å². The first-order valence-corrected chi connectivity index (χ1v) is 20.0. The van der Waals surface area contributed by atoms with E-state index in [4.69, 9.17) is 0 Å². The van der Waals surface area contributed by atoms with Gasteiger partial charge in [0.25, 0.3) is 0 Å². The molecule has 1 saturated heterocycles. The van der Waals surface area contributed by atoms with Gasteiger partial charge in [0.2, 0.25) is 5.91 Å². The fraction of sp³-hybridized carbons (Fsp3) is 0.721. The number of rotatable bonds is 6. The maximum atomic E-state index is 14.2. The SMILES string of the molecule is C=C(C)[C@@H]1CC[C@]2(NC(=O)N3CCNC(=O)C3CC(=O)O)CC[C@]3(C)[C@H](CC[C@@H]4[C@@]5(C)CCC(c6ccc(C(=O)O)cc6)C(C)(C)[C@@H]5CC[C@]43C)[C@@H]12. The lowest BCUT2D eigenvalue weighted by atomic mass is 9.32. The molecule has 52 heavy (non-hydrogen) atoms. The van der Waals surface area contributed by atoms with Crippen molar-refractivity contribution in [1.29, 1.82) is 0 Å². The highest BCUT2D eigenvalue weighted by atomic mass is 16.4. The molecule has 2 unspecified atom stereocenters. The molecular weight excluding hydrogens is 654 g/mol. The van der Waals surface area contributed by atoms with Crippen LogP contribution in [0.15, 0.2) is 36.4 Å². The molecule has 284 valence electrons. The molecule has 0 bridgehead atoms. The van der Waals surface area contributed by atoms with Gasteiger partial charge in [0.15, 0.2) is 0 Å². The molecule has 1 aromatic rings. The number of allylic oxidation sites excluding steroid dienone is 1. The Bertz CT molecular complexity index is 1660. The normalized spacial score (nSPS) is 42.1. The van der Waals surface area contributed by atoms with E-state index in [9.17, 15) is 29.4 Å². The molecule has 0 aromatic heterocycles. The van der Waals surface area contributed by atoms with Gasteiger partial charge in [-0.25, -0.2) is 9.59 Å². The van der Waals surface area contributed by atoms with Crippen LogP contribution < -0.4 is 10.6 Å². The van der Waals surface area contributed by atoms with Gasteiger partial charge in [-0.2, -0.15) is 0 Å². The van der Waals surface area contributed by atoms with Crippen LogP contribution in [-0.4, -0.2) is 63.7 Å². The van der Waals surface area contributed by atoms with E-state index in [-0.39, 0.29) is 33.6 Å². The lowest BCUT2D eigenvalue weighted by Gasteiger charge is -2.73. The fourth-order valence-corrected chi connectivity index (χ4v) is 14.4. The van der Waals surface area contributed by atoms with E-state index in [2.05, 4.69) is 70.9 Å². The molecule has 4 N–H and O–H groups in total. The Balaban J connectivity index is 1.17. The van der Waals surface area contributed by atoms with Crippen molar-refractivity contribution >= 4 is 23.9 Å². The van der Waals surface area contributed by atoms with Gasteiger partial charge in [-0.1, -0.05) is 58.9 Å². The van der Waals surface area contributed by atoms with Gasteiger partial charge < -0.3 is 25.7 Å². The minimum absolute atomic E-state index is 0.0726. The third kappa shape index (κ3) is 5.36. The van der Waals surface area contributed by atoms with E-state index in [1.54, 1.807) is 12.1 Å². The molecule has 0 radical (unpaired) electrons. The maximum Gasteiger partial charge on any atom is 0.335 e. The van der Waals surface area contributed by atoms with E-state index in [0.717, 1.165) is 38.5 Å². The van der Waals surface area contributed by atoms with Gasteiger partial charge in [-0.15, -0.1) is 0 Å². The summed E-state index contributed by atoms with van der Waals surface area (Å²) in [6.07, 6.45) is 10.3. The highest BCUT2D eigenvalue weighted by Crippen LogP contribution is 2.77. The Morgan fingerprint density at radius 1 is 0.885 bits per heavy atom.